The van der Waals surface area contributed by atoms with Crippen molar-refractivity contribution in [1.82, 2.24) is 10.2 Å². The molecule has 32 heavy (non-hydrogen) atoms. The van der Waals surface area contributed by atoms with Gasteiger partial charge in [-0.05, 0) is 73.0 Å². The highest BCUT2D eigenvalue weighted by Crippen LogP contribution is 2.32. The summed E-state index contributed by atoms with van der Waals surface area (Å²) in [6, 6.07) is 20.0. The lowest BCUT2D eigenvalue weighted by Gasteiger charge is -2.34. The molecular formula is C27H33FN2OS. The predicted octanol–water partition coefficient (Wildman–Crippen LogP) is 5.60. The van der Waals surface area contributed by atoms with Crippen LogP contribution in [0.5, 0.6) is 0 Å². The Labute approximate surface area is 195 Å². The third kappa shape index (κ3) is 6.48. The summed E-state index contributed by atoms with van der Waals surface area (Å²) >= 11 is 1.71. The smallest absolute Gasteiger partial charge is 0.123 e. The highest BCUT2D eigenvalue weighted by molar-refractivity contribution is 7.10. The Morgan fingerprint density at radius 3 is 2.69 bits per heavy atom. The van der Waals surface area contributed by atoms with Crippen molar-refractivity contribution < 1.29 is 9.13 Å². The molecule has 4 rings (SSSR count). The van der Waals surface area contributed by atoms with Crippen molar-refractivity contribution in [2.24, 2.45) is 0 Å². The molecule has 2 heterocycles. The Morgan fingerprint density at radius 2 is 1.94 bits per heavy atom. The number of nitrogens with zero attached hydrogens (tertiary/aromatic N) is 1. The van der Waals surface area contributed by atoms with Gasteiger partial charge in [0, 0.05) is 37.2 Å². The third-order valence-electron chi connectivity index (χ3n) is 6.19. The lowest BCUT2D eigenvalue weighted by Crippen LogP contribution is -2.51. The molecule has 0 saturated carbocycles. The van der Waals surface area contributed by atoms with Gasteiger partial charge in [-0.3, -0.25) is 0 Å². The molecule has 1 aromatic heterocycles. The number of hydrogen-bond acceptors (Lipinski definition) is 4. The quantitative estimate of drug-likeness (QED) is 0.433. The van der Waals surface area contributed by atoms with Gasteiger partial charge < -0.3 is 15.0 Å². The predicted molar refractivity (Wildman–Crippen MR) is 131 cm³/mol. The molecule has 1 aliphatic rings. The number of rotatable bonds is 10. The molecule has 5 heteroatoms. The minimum Gasteiger partial charge on any atom is -0.368 e. The van der Waals surface area contributed by atoms with E-state index in [0.29, 0.717) is 12.6 Å². The number of thiophene rings is 1. The first kappa shape index (κ1) is 23.1. The van der Waals surface area contributed by atoms with Crippen LogP contribution in [-0.2, 0) is 11.2 Å². The topological polar surface area (TPSA) is 24.5 Å². The normalized spacial score (nSPS) is 18.0. The molecule has 3 nitrogen and oxygen atoms in total. The van der Waals surface area contributed by atoms with Crippen molar-refractivity contribution in [1.29, 1.82) is 0 Å². The van der Waals surface area contributed by atoms with Crippen LogP contribution in [-0.4, -0.2) is 43.7 Å². The van der Waals surface area contributed by atoms with Crippen molar-refractivity contribution in [3.8, 4) is 0 Å². The molecule has 2 unspecified atom stereocenters. The minimum atomic E-state index is -0.214. The van der Waals surface area contributed by atoms with Gasteiger partial charge in [0.1, 0.15) is 11.9 Å². The van der Waals surface area contributed by atoms with Crippen LogP contribution in [0.1, 0.15) is 40.5 Å². The van der Waals surface area contributed by atoms with E-state index < -0.39 is 0 Å². The Morgan fingerprint density at radius 1 is 1.12 bits per heavy atom. The first-order valence-corrected chi connectivity index (χ1v) is 12.5. The monoisotopic (exact) mass is 452 g/mol. The molecule has 1 saturated heterocycles. The van der Waals surface area contributed by atoms with Crippen LogP contribution < -0.4 is 5.32 Å². The average Bonchev–Trinajstić information content (AvgIpc) is 3.24. The van der Waals surface area contributed by atoms with E-state index in [0.717, 1.165) is 44.6 Å². The first-order chi connectivity index (χ1) is 15.7. The molecule has 0 spiro atoms. The molecule has 170 valence electrons. The molecule has 0 bridgehead atoms. The van der Waals surface area contributed by atoms with E-state index in [2.05, 4.69) is 58.9 Å². The summed E-state index contributed by atoms with van der Waals surface area (Å²) in [6.45, 7) is 7.13. The Balaban J connectivity index is 1.27. The average molecular weight is 453 g/mol. The molecule has 3 aromatic rings. The second-order valence-electron chi connectivity index (χ2n) is 8.60. The molecule has 1 N–H and O–H groups in total. The maximum Gasteiger partial charge on any atom is 0.123 e. The first-order valence-electron chi connectivity index (χ1n) is 11.6. The molecule has 0 radical (unpaired) electrons. The number of aryl methyl sites for hydroxylation is 2. The zero-order valence-corrected chi connectivity index (χ0v) is 19.6. The van der Waals surface area contributed by atoms with Crippen molar-refractivity contribution >= 4 is 11.3 Å². The maximum atomic E-state index is 13.4. The van der Waals surface area contributed by atoms with Crippen LogP contribution in [0.25, 0.3) is 0 Å². The Bertz CT molecular complexity index is 944. The zero-order chi connectivity index (χ0) is 22.2. The van der Waals surface area contributed by atoms with Crippen LogP contribution in [0.15, 0.2) is 66.0 Å². The van der Waals surface area contributed by atoms with Gasteiger partial charge in [-0.15, -0.1) is 11.3 Å². The number of piperazine rings is 1. The van der Waals surface area contributed by atoms with E-state index in [-0.39, 0.29) is 11.9 Å². The van der Waals surface area contributed by atoms with Crippen molar-refractivity contribution in [2.45, 2.75) is 38.3 Å². The van der Waals surface area contributed by atoms with Crippen LogP contribution >= 0.6 is 11.3 Å². The maximum absolute atomic E-state index is 13.4. The van der Waals surface area contributed by atoms with Crippen LogP contribution in [0.4, 0.5) is 4.39 Å². The molecule has 2 aromatic carbocycles. The van der Waals surface area contributed by atoms with Crippen molar-refractivity contribution in [3.05, 3.63) is 93.4 Å². The van der Waals surface area contributed by atoms with E-state index in [1.165, 1.54) is 34.6 Å². The SMILES string of the molecule is Cc1ccsc1C(OCCC1CN(CCCc2ccccc2)CCN1)c1ccc(F)cc1. The summed E-state index contributed by atoms with van der Waals surface area (Å²) < 4.78 is 19.8. The molecule has 0 aliphatic carbocycles. The lowest BCUT2D eigenvalue weighted by atomic mass is 10.1. The van der Waals surface area contributed by atoms with Gasteiger partial charge in [0.15, 0.2) is 0 Å². The second kappa shape index (κ2) is 11.7. The molecule has 2 atom stereocenters. The van der Waals surface area contributed by atoms with Crippen LogP contribution in [0, 0.1) is 12.7 Å². The third-order valence-corrected chi connectivity index (χ3v) is 7.25. The second-order valence-corrected chi connectivity index (χ2v) is 9.55. The van der Waals surface area contributed by atoms with E-state index in [1.54, 1.807) is 11.3 Å². The fraction of sp³-hybridized carbons (Fsp3) is 0.407. The van der Waals surface area contributed by atoms with Crippen molar-refractivity contribution in [2.75, 3.05) is 32.8 Å². The Hall–Kier alpha value is -2.05. The number of hydrogen-bond donors (Lipinski definition) is 1. The van der Waals surface area contributed by atoms with E-state index in [9.17, 15) is 4.39 Å². The summed E-state index contributed by atoms with van der Waals surface area (Å²) in [4.78, 5) is 3.78. The lowest BCUT2D eigenvalue weighted by molar-refractivity contribution is 0.0670. The zero-order valence-electron chi connectivity index (χ0n) is 18.8. The van der Waals surface area contributed by atoms with Crippen LogP contribution in [0.3, 0.4) is 0 Å². The molecule has 1 fully saturated rings. The summed E-state index contributed by atoms with van der Waals surface area (Å²) in [7, 11) is 0. The highest BCUT2D eigenvalue weighted by atomic mass is 32.1. The Kier molecular flexibility index (Phi) is 8.46. The van der Waals surface area contributed by atoms with Gasteiger partial charge in [-0.25, -0.2) is 4.39 Å². The highest BCUT2D eigenvalue weighted by Gasteiger charge is 2.22. The number of ether oxygens (including phenoxy) is 1. The van der Waals surface area contributed by atoms with Gasteiger partial charge in [0.25, 0.3) is 0 Å². The van der Waals surface area contributed by atoms with E-state index >= 15 is 0 Å². The van der Waals surface area contributed by atoms with E-state index in [1.807, 2.05) is 12.1 Å². The standard InChI is InChI=1S/C27H33FN2OS/c1-21-14-19-32-27(21)26(23-9-11-24(28)12-10-23)31-18-13-25-20-30(17-15-29-25)16-5-8-22-6-3-2-4-7-22/h2-4,6-7,9-12,14,19,25-26,29H,5,8,13,15-18,20H2,1H3. The number of nitrogens with one attached hydrogen (secondary N) is 1. The van der Waals surface area contributed by atoms with Gasteiger partial charge in [0.05, 0.1) is 0 Å². The van der Waals surface area contributed by atoms with Crippen LogP contribution in [0.2, 0.25) is 0 Å². The fourth-order valence-corrected chi connectivity index (χ4v) is 5.38. The summed E-state index contributed by atoms with van der Waals surface area (Å²) in [6.07, 6.45) is 3.16. The summed E-state index contributed by atoms with van der Waals surface area (Å²) in [5, 5.41) is 5.75. The van der Waals surface area contributed by atoms with Crippen molar-refractivity contribution in [3.63, 3.8) is 0 Å². The number of halogens is 1. The molecular weight excluding hydrogens is 419 g/mol. The van der Waals surface area contributed by atoms with Gasteiger partial charge in [-0.1, -0.05) is 42.5 Å². The van der Waals surface area contributed by atoms with Gasteiger partial charge >= 0.3 is 0 Å². The largest absolute Gasteiger partial charge is 0.368 e. The van der Waals surface area contributed by atoms with Gasteiger partial charge in [-0.2, -0.15) is 0 Å². The molecule has 1 aliphatic heterocycles. The fourth-order valence-electron chi connectivity index (χ4n) is 4.38. The summed E-state index contributed by atoms with van der Waals surface area (Å²) in [5.41, 5.74) is 3.66. The van der Waals surface area contributed by atoms with Gasteiger partial charge in [0.2, 0.25) is 0 Å². The number of benzene rings is 2. The van der Waals surface area contributed by atoms with E-state index in [4.69, 9.17) is 4.74 Å². The minimum absolute atomic E-state index is 0.138. The molecule has 0 amide bonds. The summed E-state index contributed by atoms with van der Waals surface area (Å²) in [5.74, 6) is -0.214.